The number of hydrogen-bond donors (Lipinski definition) is 0. The number of nitrogens with zero attached hydrogens (tertiary/aromatic N) is 1. The first-order valence-electron chi connectivity index (χ1n) is 7.56. The molecular formula is C15H25NO3. The Hall–Kier alpha value is -0.900. The zero-order valence-corrected chi connectivity index (χ0v) is 11.9. The molecule has 0 bridgehead atoms. The molecule has 2 fully saturated rings. The highest BCUT2D eigenvalue weighted by molar-refractivity contribution is 5.82. The van der Waals surface area contributed by atoms with Gasteiger partial charge in [-0.2, -0.15) is 0 Å². The van der Waals surface area contributed by atoms with Crippen molar-refractivity contribution in [3.63, 3.8) is 0 Å². The SMILES string of the molecule is COC(=O)CCN1CCCCC1C1CCCCC1=O. The van der Waals surface area contributed by atoms with Gasteiger partial charge in [-0.15, -0.1) is 0 Å². The van der Waals surface area contributed by atoms with E-state index in [1.54, 1.807) is 0 Å². The van der Waals surface area contributed by atoms with Crippen molar-refractivity contribution in [2.75, 3.05) is 20.2 Å². The van der Waals surface area contributed by atoms with Gasteiger partial charge in [0.2, 0.25) is 0 Å². The highest BCUT2D eigenvalue weighted by Crippen LogP contribution is 2.31. The van der Waals surface area contributed by atoms with Crippen LogP contribution in [0.3, 0.4) is 0 Å². The third-order valence-electron chi connectivity index (χ3n) is 4.56. The van der Waals surface area contributed by atoms with Crippen LogP contribution in [0.25, 0.3) is 0 Å². The van der Waals surface area contributed by atoms with Crippen molar-refractivity contribution in [1.29, 1.82) is 0 Å². The first-order valence-corrected chi connectivity index (χ1v) is 7.56. The van der Waals surface area contributed by atoms with Gasteiger partial charge in [0.05, 0.1) is 13.5 Å². The molecule has 1 aliphatic heterocycles. The molecule has 1 aliphatic carbocycles. The summed E-state index contributed by atoms with van der Waals surface area (Å²) in [5, 5.41) is 0. The van der Waals surface area contributed by atoms with Crippen LogP contribution in [-0.2, 0) is 14.3 Å². The van der Waals surface area contributed by atoms with Crippen LogP contribution >= 0.6 is 0 Å². The van der Waals surface area contributed by atoms with E-state index in [9.17, 15) is 9.59 Å². The molecule has 108 valence electrons. The molecule has 0 N–H and O–H groups in total. The predicted octanol–water partition coefficient (Wildman–Crippen LogP) is 2.16. The maximum atomic E-state index is 12.1. The van der Waals surface area contributed by atoms with Gasteiger partial charge >= 0.3 is 5.97 Å². The van der Waals surface area contributed by atoms with Crippen molar-refractivity contribution in [2.45, 2.75) is 57.4 Å². The molecule has 2 aliphatic rings. The number of ketones is 1. The topological polar surface area (TPSA) is 46.6 Å². The van der Waals surface area contributed by atoms with Crippen molar-refractivity contribution in [3.8, 4) is 0 Å². The molecule has 19 heavy (non-hydrogen) atoms. The second kappa shape index (κ2) is 7.04. The van der Waals surface area contributed by atoms with Crippen LogP contribution in [0.4, 0.5) is 0 Å². The van der Waals surface area contributed by atoms with Gasteiger partial charge in [0.25, 0.3) is 0 Å². The predicted molar refractivity (Wildman–Crippen MR) is 72.8 cm³/mol. The van der Waals surface area contributed by atoms with E-state index < -0.39 is 0 Å². The van der Waals surface area contributed by atoms with E-state index in [4.69, 9.17) is 4.74 Å². The number of Topliss-reactive ketones (excluding diaryl/α,β-unsaturated/α-hetero) is 1. The lowest BCUT2D eigenvalue weighted by molar-refractivity contribution is -0.141. The molecule has 4 nitrogen and oxygen atoms in total. The summed E-state index contributed by atoms with van der Waals surface area (Å²) in [6.45, 7) is 1.76. The number of carbonyl (C=O) groups is 2. The second-order valence-corrected chi connectivity index (χ2v) is 5.74. The Morgan fingerprint density at radius 2 is 2.05 bits per heavy atom. The van der Waals surface area contributed by atoms with Crippen molar-refractivity contribution >= 4 is 11.8 Å². The Balaban J connectivity index is 1.94. The zero-order chi connectivity index (χ0) is 13.7. The van der Waals surface area contributed by atoms with Crippen molar-refractivity contribution in [1.82, 2.24) is 4.90 Å². The molecule has 4 heteroatoms. The Kier molecular flexibility index (Phi) is 5.37. The molecule has 0 radical (unpaired) electrons. The summed E-state index contributed by atoms with van der Waals surface area (Å²) < 4.78 is 4.71. The average Bonchev–Trinajstić information content (AvgIpc) is 2.45. The smallest absolute Gasteiger partial charge is 0.306 e. The number of carbonyl (C=O) groups excluding carboxylic acids is 2. The summed E-state index contributed by atoms with van der Waals surface area (Å²) in [6.07, 6.45) is 7.97. The third kappa shape index (κ3) is 3.78. The number of hydrogen-bond acceptors (Lipinski definition) is 4. The Bertz CT molecular complexity index is 329. The van der Waals surface area contributed by atoms with Gasteiger partial charge in [0.15, 0.2) is 0 Å². The first kappa shape index (κ1) is 14.5. The van der Waals surface area contributed by atoms with Crippen molar-refractivity contribution in [3.05, 3.63) is 0 Å². The second-order valence-electron chi connectivity index (χ2n) is 5.74. The summed E-state index contributed by atoms with van der Waals surface area (Å²) >= 11 is 0. The highest BCUT2D eigenvalue weighted by atomic mass is 16.5. The van der Waals surface area contributed by atoms with E-state index in [2.05, 4.69) is 4.90 Å². The van der Waals surface area contributed by atoms with Crippen LogP contribution in [0, 0.1) is 5.92 Å². The maximum Gasteiger partial charge on any atom is 0.306 e. The molecule has 0 aromatic carbocycles. The van der Waals surface area contributed by atoms with Crippen molar-refractivity contribution < 1.29 is 14.3 Å². The molecule has 1 heterocycles. The maximum absolute atomic E-state index is 12.1. The fraction of sp³-hybridized carbons (Fsp3) is 0.867. The Morgan fingerprint density at radius 3 is 2.79 bits per heavy atom. The third-order valence-corrected chi connectivity index (χ3v) is 4.56. The molecule has 1 saturated heterocycles. The monoisotopic (exact) mass is 267 g/mol. The minimum atomic E-state index is -0.153. The largest absolute Gasteiger partial charge is 0.469 e. The minimum absolute atomic E-state index is 0.153. The summed E-state index contributed by atoms with van der Waals surface area (Å²) in [7, 11) is 1.43. The lowest BCUT2D eigenvalue weighted by atomic mass is 9.79. The van der Waals surface area contributed by atoms with Gasteiger partial charge in [0, 0.05) is 24.9 Å². The van der Waals surface area contributed by atoms with Crippen LogP contribution < -0.4 is 0 Å². The van der Waals surface area contributed by atoms with Crippen LogP contribution in [0.5, 0.6) is 0 Å². The molecule has 0 aromatic heterocycles. The lowest BCUT2D eigenvalue weighted by Gasteiger charge is -2.41. The molecule has 0 aromatic rings. The van der Waals surface area contributed by atoms with E-state index in [1.807, 2.05) is 0 Å². The number of esters is 1. The summed E-state index contributed by atoms with van der Waals surface area (Å²) in [5.74, 6) is 0.507. The van der Waals surface area contributed by atoms with Gasteiger partial charge in [-0.25, -0.2) is 0 Å². The summed E-state index contributed by atoms with van der Waals surface area (Å²) in [5.41, 5.74) is 0. The molecule has 2 unspecified atom stereocenters. The number of likely N-dealkylation sites (tertiary alicyclic amines) is 1. The molecule has 2 atom stereocenters. The lowest BCUT2D eigenvalue weighted by Crippen LogP contribution is -2.48. The number of rotatable bonds is 4. The molecule has 0 spiro atoms. The Labute approximate surface area is 115 Å². The molecule has 1 saturated carbocycles. The number of ether oxygens (including phenoxy) is 1. The van der Waals surface area contributed by atoms with Gasteiger partial charge < -0.3 is 4.74 Å². The van der Waals surface area contributed by atoms with Crippen molar-refractivity contribution in [2.24, 2.45) is 5.92 Å². The van der Waals surface area contributed by atoms with Crippen LogP contribution in [0.2, 0.25) is 0 Å². The minimum Gasteiger partial charge on any atom is -0.469 e. The zero-order valence-electron chi connectivity index (χ0n) is 11.9. The molecular weight excluding hydrogens is 242 g/mol. The van der Waals surface area contributed by atoms with E-state index in [0.717, 1.165) is 38.8 Å². The van der Waals surface area contributed by atoms with Gasteiger partial charge in [-0.05, 0) is 32.2 Å². The van der Waals surface area contributed by atoms with E-state index in [0.29, 0.717) is 18.2 Å². The Morgan fingerprint density at radius 1 is 1.26 bits per heavy atom. The van der Waals surface area contributed by atoms with Crippen LogP contribution in [-0.4, -0.2) is 42.9 Å². The first-order chi connectivity index (χ1) is 9.22. The van der Waals surface area contributed by atoms with E-state index in [1.165, 1.54) is 26.4 Å². The van der Waals surface area contributed by atoms with Crippen LogP contribution in [0.15, 0.2) is 0 Å². The van der Waals surface area contributed by atoms with Gasteiger partial charge in [-0.1, -0.05) is 12.8 Å². The number of piperidine rings is 1. The van der Waals surface area contributed by atoms with E-state index in [-0.39, 0.29) is 11.9 Å². The summed E-state index contributed by atoms with van der Waals surface area (Å²) in [6, 6.07) is 0.367. The normalized spacial score (nSPS) is 29.2. The highest BCUT2D eigenvalue weighted by Gasteiger charge is 2.35. The standard InChI is InChI=1S/C15H25NO3/c1-19-15(18)9-11-16-10-5-4-7-13(16)12-6-2-3-8-14(12)17/h12-13H,2-11H2,1H3. The molecule has 2 rings (SSSR count). The molecule has 0 amide bonds. The van der Waals surface area contributed by atoms with Gasteiger partial charge in [0.1, 0.15) is 5.78 Å². The number of methoxy groups -OCH3 is 1. The fourth-order valence-corrected chi connectivity index (χ4v) is 3.50. The van der Waals surface area contributed by atoms with E-state index >= 15 is 0 Å². The quantitative estimate of drug-likeness (QED) is 0.732. The van der Waals surface area contributed by atoms with Crippen LogP contribution in [0.1, 0.15) is 51.4 Å². The summed E-state index contributed by atoms with van der Waals surface area (Å²) in [4.78, 5) is 25.8. The fourth-order valence-electron chi connectivity index (χ4n) is 3.50. The average molecular weight is 267 g/mol. The van der Waals surface area contributed by atoms with Gasteiger partial charge in [-0.3, -0.25) is 14.5 Å².